The highest BCUT2D eigenvalue weighted by Gasteiger charge is 2.04. The maximum atomic E-state index is 5.79. The number of rotatable bonds is 4. The zero-order valence-electron chi connectivity index (χ0n) is 8.39. The molecule has 0 N–H and O–H groups in total. The minimum atomic E-state index is 0.249. The lowest BCUT2D eigenvalue weighted by atomic mass is 10.2. The van der Waals surface area contributed by atoms with Crippen molar-refractivity contribution in [3.63, 3.8) is 0 Å². The fourth-order valence-corrected chi connectivity index (χ4v) is 1.81. The number of halogens is 2. The Labute approximate surface area is 98.5 Å². The molecular weight excluding hydrogens is 263 g/mol. The molecule has 0 saturated heterocycles. The van der Waals surface area contributed by atoms with Gasteiger partial charge in [-0.15, -0.1) is 11.6 Å². The molecule has 78 valence electrons. The van der Waals surface area contributed by atoms with Crippen LogP contribution in [0.3, 0.4) is 0 Å². The Hall–Kier alpha value is -0.210. The van der Waals surface area contributed by atoms with E-state index in [1.165, 1.54) is 0 Å². The van der Waals surface area contributed by atoms with Gasteiger partial charge in [-0.1, -0.05) is 22.9 Å². The van der Waals surface area contributed by atoms with Crippen LogP contribution in [-0.4, -0.2) is 6.10 Å². The van der Waals surface area contributed by atoms with Crippen molar-refractivity contribution >= 4 is 27.5 Å². The van der Waals surface area contributed by atoms with Gasteiger partial charge in [0.15, 0.2) is 0 Å². The van der Waals surface area contributed by atoms with Crippen LogP contribution in [0.5, 0.6) is 5.75 Å². The van der Waals surface area contributed by atoms with Crippen LogP contribution in [0.15, 0.2) is 22.7 Å². The summed E-state index contributed by atoms with van der Waals surface area (Å²) < 4.78 is 6.71. The van der Waals surface area contributed by atoms with Gasteiger partial charge >= 0.3 is 0 Å². The Kier molecular flexibility index (Phi) is 4.76. The summed E-state index contributed by atoms with van der Waals surface area (Å²) in [6.07, 6.45) is 1.26. The lowest BCUT2D eigenvalue weighted by Crippen LogP contribution is -2.09. The number of benzene rings is 1. The van der Waals surface area contributed by atoms with E-state index < -0.39 is 0 Å². The largest absolute Gasteiger partial charge is 0.491 e. The highest BCUT2D eigenvalue weighted by molar-refractivity contribution is 9.10. The molecule has 0 aliphatic heterocycles. The first-order valence-corrected chi connectivity index (χ1v) is 6.01. The molecule has 1 aromatic rings. The summed E-state index contributed by atoms with van der Waals surface area (Å²) in [5.74, 6) is 1.39. The molecule has 0 aliphatic rings. The summed E-state index contributed by atoms with van der Waals surface area (Å²) in [7, 11) is 0. The van der Waals surface area contributed by atoms with Gasteiger partial charge in [-0.2, -0.15) is 0 Å². The Morgan fingerprint density at radius 1 is 1.50 bits per heavy atom. The highest BCUT2D eigenvalue weighted by Crippen LogP contribution is 2.24. The first-order valence-electron chi connectivity index (χ1n) is 4.68. The summed E-state index contributed by atoms with van der Waals surface area (Å²) in [6.45, 7) is 4.16. The van der Waals surface area contributed by atoms with Gasteiger partial charge in [0.05, 0.1) is 6.10 Å². The van der Waals surface area contributed by atoms with Crippen LogP contribution in [0, 0.1) is 0 Å². The van der Waals surface area contributed by atoms with Gasteiger partial charge in [-0.3, -0.25) is 0 Å². The van der Waals surface area contributed by atoms with Crippen LogP contribution in [0.4, 0.5) is 0 Å². The van der Waals surface area contributed by atoms with Crippen LogP contribution in [0.1, 0.15) is 25.8 Å². The van der Waals surface area contributed by atoms with E-state index in [2.05, 4.69) is 29.8 Å². The number of alkyl halides is 1. The van der Waals surface area contributed by atoms with Gasteiger partial charge in [0.2, 0.25) is 0 Å². The van der Waals surface area contributed by atoms with Gasteiger partial charge in [-0.05, 0) is 37.1 Å². The van der Waals surface area contributed by atoms with Crippen molar-refractivity contribution in [2.45, 2.75) is 32.3 Å². The molecule has 3 heteroatoms. The minimum Gasteiger partial charge on any atom is -0.491 e. The summed E-state index contributed by atoms with van der Waals surface area (Å²) in [6, 6.07) is 5.89. The standard InChI is InChI=1S/C11H14BrClO/c1-3-8(2)14-10-4-5-11(12)9(6-10)7-13/h4-6,8H,3,7H2,1-2H3. The third kappa shape index (κ3) is 3.18. The molecule has 1 atom stereocenters. The van der Waals surface area contributed by atoms with E-state index in [1.54, 1.807) is 0 Å². The first-order chi connectivity index (χ1) is 6.67. The van der Waals surface area contributed by atoms with Gasteiger partial charge in [0.1, 0.15) is 5.75 Å². The van der Waals surface area contributed by atoms with E-state index in [1.807, 2.05) is 18.2 Å². The molecule has 0 spiro atoms. The Bertz CT molecular complexity index is 301. The lowest BCUT2D eigenvalue weighted by molar-refractivity contribution is 0.217. The Morgan fingerprint density at radius 2 is 2.21 bits per heavy atom. The van der Waals surface area contributed by atoms with Crippen molar-refractivity contribution in [1.82, 2.24) is 0 Å². The SMILES string of the molecule is CCC(C)Oc1ccc(Br)c(CCl)c1. The van der Waals surface area contributed by atoms with Crippen molar-refractivity contribution in [2.24, 2.45) is 0 Å². The second-order valence-corrected chi connectivity index (χ2v) is 4.35. The average Bonchev–Trinajstić information content (AvgIpc) is 2.20. The summed E-state index contributed by atoms with van der Waals surface area (Å²) >= 11 is 9.22. The molecule has 14 heavy (non-hydrogen) atoms. The topological polar surface area (TPSA) is 9.23 Å². The molecule has 0 radical (unpaired) electrons. The zero-order chi connectivity index (χ0) is 10.6. The summed E-state index contributed by atoms with van der Waals surface area (Å²) in [5.41, 5.74) is 1.06. The zero-order valence-corrected chi connectivity index (χ0v) is 10.7. The van der Waals surface area contributed by atoms with Gasteiger partial charge in [0, 0.05) is 10.4 Å². The molecule has 0 bridgehead atoms. The Morgan fingerprint density at radius 3 is 2.79 bits per heavy atom. The predicted octanol–water partition coefficient (Wildman–Crippen LogP) is 4.37. The van der Waals surface area contributed by atoms with E-state index in [4.69, 9.17) is 16.3 Å². The molecular formula is C11H14BrClO. The average molecular weight is 278 g/mol. The van der Waals surface area contributed by atoms with Crippen LogP contribution < -0.4 is 4.74 Å². The summed E-state index contributed by atoms with van der Waals surface area (Å²) in [4.78, 5) is 0. The van der Waals surface area contributed by atoms with Crippen LogP contribution >= 0.6 is 27.5 Å². The maximum absolute atomic E-state index is 5.79. The van der Waals surface area contributed by atoms with Crippen LogP contribution in [0.25, 0.3) is 0 Å². The lowest BCUT2D eigenvalue weighted by Gasteiger charge is -2.13. The number of hydrogen-bond donors (Lipinski definition) is 0. The van der Waals surface area contributed by atoms with Crippen LogP contribution in [-0.2, 0) is 5.88 Å². The molecule has 1 unspecified atom stereocenters. The molecule has 1 aromatic carbocycles. The molecule has 0 amide bonds. The molecule has 0 aromatic heterocycles. The monoisotopic (exact) mass is 276 g/mol. The smallest absolute Gasteiger partial charge is 0.120 e. The van der Waals surface area contributed by atoms with E-state index >= 15 is 0 Å². The van der Waals surface area contributed by atoms with E-state index in [0.717, 1.165) is 22.2 Å². The van der Waals surface area contributed by atoms with Crippen molar-refractivity contribution in [3.05, 3.63) is 28.2 Å². The van der Waals surface area contributed by atoms with E-state index in [9.17, 15) is 0 Å². The van der Waals surface area contributed by atoms with E-state index in [-0.39, 0.29) is 6.10 Å². The van der Waals surface area contributed by atoms with Gasteiger partial charge in [-0.25, -0.2) is 0 Å². The van der Waals surface area contributed by atoms with Crippen molar-refractivity contribution in [2.75, 3.05) is 0 Å². The quantitative estimate of drug-likeness (QED) is 0.743. The predicted molar refractivity (Wildman–Crippen MR) is 64.1 cm³/mol. The second kappa shape index (κ2) is 5.62. The molecule has 0 saturated carbocycles. The molecule has 0 fully saturated rings. The minimum absolute atomic E-state index is 0.249. The number of hydrogen-bond acceptors (Lipinski definition) is 1. The highest BCUT2D eigenvalue weighted by atomic mass is 79.9. The van der Waals surface area contributed by atoms with Crippen molar-refractivity contribution < 1.29 is 4.74 Å². The molecule has 0 aliphatic carbocycles. The maximum Gasteiger partial charge on any atom is 0.120 e. The van der Waals surface area contributed by atoms with Gasteiger partial charge < -0.3 is 4.74 Å². The number of ether oxygens (including phenoxy) is 1. The van der Waals surface area contributed by atoms with Crippen LogP contribution in [0.2, 0.25) is 0 Å². The normalized spacial score (nSPS) is 12.6. The second-order valence-electron chi connectivity index (χ2n) is 3.22. The van der Waals surface area contributed by atoms with Crippen molar-refractivity contribution in [1.29, 1.82) is 0 Å². The third-order valence-electron chi connectivity index (χ3n) is 2.07. The summed E-state index contributed by atoms with van der Waals surface area (Å²) in [5, 5.41) is 0. The Balaban J connectivity index is 2.79. The van der Waals surface area contributed by atoms with Gasteiger partial charge in [0.25, 0.3) is 0 Å². The molecule has 0 heterocycles. The molecule has 1 rings (SSSR count). The fraction of sp³-hybridized carbons (Fsp3) is 0.455. The molecule has 1 nitrogen and oxygen atoms in total. The first kappa shape index (κ1) is 11.9. The van der Waals surface area contributed by atoms with E-state index in [0.29, 0.717) is 5.88 Å². The third-order valence-corrected chi connectivity index (χ3v) is 3.13. The van der Waals surface area contributed by atoms with Crippen molar-refractivity contribution in [3.8, 4) is 5.75 Å². The fourth-order valence-electron chi connectivity index (χ4n) is 1.04.